The fourth-order valence-electron chi connectivity index (χ4n) is 3.49. The van der Waals surface area contributed by atoms with Gasteiger partial charge in [-0.3, -0.25) is 0 Å². The van der Waals surface area contributed by atoms with Gasteiger partial charge < -0.3 is 34.5 Å². The minimum Gasteiger partial charge on any atom is -0.493 e. The van der Waals surface area contributed by atoms with Crippen molar-refractivity contribution in [3.8, 4) is 11.5 Å². The molecule has 3 atom stereocenters. The molecule has 0 saturated carbocycles. The number of carboxylic acid groups (broad SMARTS) is 2. The van der Waals surface area contributed by atoms with Crippen molar-refractivity contribution in [1.82, 2.24) is 5.32 Å². The Bertz CT molecular complexity index is 1230. The van der Waals surface area contributed by atoms with Gasteiger partial charge in [0, 0.05) is 12.3 Å². The van der Waals surface area contributed by atoms with Crippen molar-refractivity contribution in [2.45, 2.75) is 17.6 Å². The first-order chi connectivity index (χ1) is 19.8. The molecular formula is C29H29NO10S. The number of esters is 2. The minimum atomic E-state index is -2.21. The molecule has 12 heteroatoms. The number of thioether (sulfide) groups is 1. The highest BCUT2D eigenvalue weighted by Crippen LogP contribution is 2.26. The molecule has 0 amide bonds. The van der Waals surface area contributed by atoms with Crippen molar-refractivity contribution >= 4 is 35.6 Å². The van der Waals surface area contributed by atoms with Crippen LogP contribution in [0.3, 0.4) is 0 Å². The van der Waals surface area contributed by atoms with E-state index in [0.29, 0.717) is 12.0 Å². The number of carbonyl (C=O) groups excluding carboxylic acids is 2. The second-order valence-corrected chi connectivity index (χ2v) is 9.65. The maximum Gasteiger partial charge on any atom is 0.349 e. The Labute approximate surface area is 240 Å². The van der Waals surface area contributed by atoms with Gasteiger partial charge in [-0.2, -0.15) is 0 Å². The van der Waals surface area contributed by atoms with Gasteiger partial charge in [-0.25, -0.2) is 19.2 Å². The molecular weight excluding hydrogens is 554 g/mol. The summed E-state index contributed by atoms with van der Waals surface area (Å²) in [4.78, 5) is 46.8. The summed E-state index contributed by atoms with van der Waals surface area (Å²) in [5, 5.41) is 22.3. The lowest BCUT2D eigenvalue weighted by molar-refractivity contribution is -0.166. The average Bonchev–Trinajstić information content (AvgIpc) is 3.52. The number of ether oxygens (including phenoxy) is 4. The lowest BCUT2D eigenvalue weighted by atomic mass is 10.1. The van der Waals surface area contributed by atoms with E-state index >= 15 is 0 Å². The Morgan fingerprint density at radius 2 is 1.24 bits per heavy atom. The standard InChI is InChI=1S/C18H14O8.C11H15NO2S/c19-15(20)13(25-17(23)11-7-3-1-4-8-11)14(16(21)22)26-18(24)12-9-5-2-6-10-12;1-13-9-4-2-3-5-10(9)14-8-11-12-6-7-15-11/h1-10,13-14H,(H,19,20)(H,21,22);2-5,11-12H,6-8H2,1H3/t;11-/m.1/s1. The SMILES string of the molecule is COc1ccccc1OC[C@@H]1NCCS1.O=C(OC(C(=O)O)C(OC(=O)c1ccccc1)C(=O)O)c1ccccc1. The molecule has 0 bridgehead atoms. The van der Waals surface area contributed by atoms with Crippen LogP contribution in [0.15, 0.2) is 84.9 Å². The average molecular weight is 584 g/mol. The van der Waals surface area contributed by atoms with Crippen LogP contribution in [0.4, 0.5) is 0 Å². The lowest BCUT2D eigenvalue weighted by Crippen LogP contribution is -2.45. The Balaban J connectivity index is 0.000000260. The van der Waals surface area contributed by atoms with Crippen molar-refractivity contribution < 1.29 is 48.3 Å². The summed E-state index contributed by atoms with van der Waals surface area (Å²) < 4.78 is 20.4. The number of hydrogen-bond donors (Lipinski definition) is 3. The number of rotatable bonds is 11. The molecule has 1 aliphatic rings. The zero-order valence-electron chi connectivity index (χ0n) is 22.0. The maximum atomic E-state index is 12.0. The van der Waals surface area contributed by atoms with Crippen LogP contribution in [0.2, 0.25) is 0 Å². The Morgan fingerprint density at radius 3 is 1.66 bits per heavy atom. The van der Waals surface area contributed by atoms with E-state index in [1.807, 2.05) is 36.0 Å². The van der Waals surface area contributed by atoms with E-state index in [2.05, 4.69) is 5.32 Å². The molecule has 41 heavy (non-hydrogen) atoms. The van der Waals surface area contributed by atoms with E-state index in [4.69, 9.17) is 18.9 Å². The van der Waals surface area contributed by atoms with Gasteiger partial charge in [0.25, 0.3) is 0 Å². The van der Waals surface area contributed by atoms with E-state index in [-0.39, 0.29) is 11.1 Å². The molecule has 216 valence electrons. The van der Waals surface area contributed by atoms with E-state index in [9.17, 15) is 29.4 Å². The van der Waals surface area contributed by atoms with E-state index in [0.717, 1.165) is 18.0 Å². The highest BCUT2D eigenvalue weighted by Gasteiger charge is 2.41. The van der Waals surface area contributed by atoms with Gasteiger partial charge in [0.15, 0.2) is 11.5 Å². The molecule has 1 fully saturated rings. The molecule has 0 aliphatic carbocycles. The van der Waals surface area contributed by atoms with Crippen molar-refractivity contribution in [2.24, 2.45) is 0 Å². The highest BCUT2D eigenvalue weighted by atomic mass is 32.2. The topological polar surface area (TPSA) is 158 Å². The molecule has 0 radical (unpaired) electrons. The van der Waals surface area contributed by atoms with Crippen molar-refractivity contribution in [1.29, 1.82) is 0 Å². The summed E-state index contributed by atoms with van der Waals surface area (Å²) in [6.07, 6.45) is -4.43. The third-order valence-electron chi connectivity index (χ3n) is 5.50. The summed E-state index contributed by atoms with van der Waals surface area (Å²) in [6.45, 7) is 1.76. The molecule has 4 rings (SSSR count). The number of para-hydroxylation sites is 2. The van der Waals surface area contributed by atoms with Gasteiger partial charge >= 0.3 is 23.9 Å². The molecule has 2 unspecified atom stereocenters. The third-order valence-corrected chi connectivity index (χ3v) is 6.65. The van der Waals surface area contributed by atoms with E-state index in [1.165, 1.54) is 54.3 Å². The fraction of sp³-hybridized carbons (Fsp3) is 0.241. The van der Waals surface area contributed by atoms with E-state index < -0.39 is 36.1 Å². The van der Waals surface area contributed by atoms with Gasteiger partial charge in [-0.15, -0.1) is 11.8 Å². The van der Waals surface area contributed by atoms with Crippen molar-refractivity contribution in [3.63, 3.8) is 0 Å². The molecule has 11 nitrogen and oxygen atoms in total. The maximum absolute atomic E-state index is 12.0. The Hall–Kier alpha value is -4.55. The predicted octanol–water partition coefficient (Wildman–Crippen LogP) is 3.34. The van der Waals surface area contributed by atoms with Crippen LogP contribution in [0.5, 0.6) is 11.5 Å². The first-order valence-corrected chi connectivity index (χ1v) is 13.4. The molecule has 3 aromatic carbocycles. The number of aliphatic carboxylic acids is 2. The first kappa shape index (κ1) is 31.0. The smallest absolute Gasteiger partial charge is 0.349 e. The number of carbonyl (C=O) groups is 4. The van der Waals surface area contributed by atoms with Crippen LogP contribution >= 0.6 is 11.8 Å². The van der Waals surface area contributed by atoms with Crippen LogP contribution in [-0.2, 0) is 19.1 Å². The van der Waals surface area contributed by atoms with E-state index in [1.54, 1.807) is 19.2 Å². The molecule has 0 spiro atoms. The predicted molar refractivity (Wildman–Crippen MR) is 149 cm³/mol. The monoisotopic (exact) mass is 583 g/mol. The molecule has 3 aromatic rings. The molecule has 3 N–H and O–H groups in total. The van der Waals surface area contributed by atoms with Crippen molar-refractivity contribution in [2.75, 3.05) is 26.0 Å². The third kappa shape index (κ3) is 9.55. The summed E-state index contributed by atoms with van der Waals surface area (Å²) in [5.41, 5.74) is 0.0505. The summed E-state index contributed by atoms with van der Waals surface area (Å²) in [5.74, 6) is -2.86. The van der Waals surface area contributed by atoms with Crippen LogP contribution in [-0.4, -0.2) is 77.7 Å². The molecule has 0 aromatic heterocycles. The number of carboxylic acids is 2. The van der Waals surface area contributed by atoms with Gasteiger partial charge in [0.1, 0.15) is 6.61 Å². The first-order valence-electron chi connectivity index (χ1n) is 12.4. The van der Waals surface area contributed by atoms with Gasteiger partial charge in [0.05, 0.1) is 23.6 Å². The molecule has 1 heterocycles. The highest BCUT2D eigenvalue weighted by molar-refractivity contribution is 8.00. The zero-order chi connectivity index (χ0) is 29.6. The summed E-state index contributed by atoms with van der Waals surface area (Å²) in [7, 11) is 1.66. The van der Waals surface area contributed by atoms with Crippen molar-refractivity contribution in [3.05, 3.63) is 96.1 Å². The lowest BCUT2D eigenvalue weighted by Gasteiger charge is -2.21. The number of nitrogens with one attached hydrogen (secondary N) is 1. The number of benzene rings is 3. The van der Waals surface area contributed by atoms with Crippen LogP contribution in [0.25, 0.3) is 0 Å². The summed E-state index contributed by atoms with van der Waals surface area (Å²) >= 11 is 1.90. The van der Waals surface area contributed by atoms with Gasteiger partial charge in [0.2, 0.25) is 12.2 Å². The number of methoxy groups -OCH3 is 1. The zero-order valence-corrected chi connectivity index (χ0v) is 22.8. The quantitative estimate of drug-likeness (QED) is 0.283. The van der Waals surface area contributed by atoms with Crippen LogP contribution in [0, 0.1) is 0 Å². The van der Waals surface area contributed by atoms with Gasteiger partial charge in [-0.05, 0) is 36.4 Å². The molecule has 1 saturated heterocycles. The van der Waals surface area contributed by atoms with Gasteiger partial charge in [-0.1, -0.05) is 48.5 Å². The minimum absolute atomic E-state index is 0.0253. The normalized spacial score (nSPS) is 15.3. The Morgan fingerprint density at radius 1 is 0.780 bits per heavy atom. The fourth-order valence-corrected chi connectivity index (χ4v) is 4.41. The summed E-state index contributed by atoms with van der Waals surface area (Å²) in [6, 6.07) is 22.6. The second kappa shape index (κ2) is 15.9. The molecule has 1 aliphatic heterocycles. The Kier molecular flexibility index (Phi) is 12.0. The largest absolute Gasteiger partial charge is 0.493 e. The van der Waals surface area contributed by atoms with Crippen LogP contribution < -0.4 is 14.8 Å². The van der Waals surface area contributed by atoms with Crippen LogP contribution in [0.1, 0.15) is 20.7 Å². The second-order valence-electron chi connectivity index (χ2n) is 8.34. The number of hydrogen-bond acceptors (Lipinski definition) is 10.